The van der Waals surface area contributed by atoms with Crippen LogP contribution in [0, 0.1) is 0 Å². The van der Waals surface area contributed by atoms with Crippen LogP contribution >= 0.6 is 23.5 Å². The lowest BCUT2D eigenvalue weighted by molar-refractivity contribution is -0.114. The minimum atomic E-state index is -0.155. The second-order valence-electron chi connectivity index (χ2n) is 8.38. The number of amidine groups is 2. The molecule has 2 saturated heterocycles. The SMILES string of the molecule is O=C1N=C(N2CCCCC2)S/C1=C\c1ccc(/C=C2\SC(N3CCCCC3)=NC2=O)cc1. The summed E-state index contributed by atoms with van der Waals surface area (Å²) in [5.74, 6) is -0.311. The van der Waals surface area contributed by atoms with E-state index in [1.807, 2.05) is 36.4 Å². The largest absolute Gasteiger partial charge is 0.351 e. The molecule has 2 amide bonds. The molecule has 0 atom stereocenters. The Morgan fingerprint density at radius 3 is 1.38 bits per heavy atom. The topological polar surface area (TPSA) is 65.3 Å². The fourth-order valence-electron chi connectivity index (χ4n) is 4.23. The van der Waals surface area contributed by atoms with Crippen molar-refractivity contribution in [1.82, 2.24) is 9.80 Å². The first kappa shape index (κ1) is 21.5. The lowest BCUT2D eigenvalue weighted by Gasteiger charge is -2.27. The number of hydrogen-bond acceptors (Lipinski definition) is 6. The molecule has 4 aliphatic rings. The summed E-state index contributed by atoms with van der Waals surface area (Å²) in [5.41, 5.74) is 1.91. The van der Waals surface area contributed by atoms with Gasteiger partial charge in [-0.05, 0) is 85.3 Å². The lowest BCUT2D eigenvalue weighted by atomic mass is 10.1. The molecule has 0 saturated carbocycles. The third-order valence-electron chi connectivity index (χ3n) is 6.00. The van der Waals surface area contributed by atoms with E-state index < -0.39 is 0 Å². The van der Waals surface area contributed by atoms with E-state index in [9.17, 15) is 9.59 Å². The average molecular weight is 467 g/mol. The Balaban J connectivity index is 1.23. The maximum atomic E-state index is 12.4. The fraction of sp³-hybridized carbons (Fsp3) is 0.417. The number of carbonyl (C=O) groups is 2. The zero-order valence-corrected chi connectivity index (χ0v) is 19.6. The molecule has 4 aliphatic heterocycles. The van der Waals surface area contributed by atoms with Gasteiger partial charge in [-0.2, -0.15) is 9.98 Å². The van der Waals surface area contributed by atoms with Gasteiger partial charge in [-0.25, -0.2) is 0 Å². The first-order valence-electron chi connectivity index (χ1n) is 11.3. The van der Waals surface area contributed by atoms with Gasteiger partial charge < -0.3 is 9.80 Å². The van der Waals surface area contributed by atoms with Crippen LogP contribution in [-0.2, 0) is 9.59 Å². The fourth-order valence-corrected chi connectivity index (χ4v) is 6.16. The Kier molecular flexibility index (Phi) is 6.50. The minimum Gasteiger partial charge on any atom is -0.351 e. The van der Waals surface area contributed by atoms with Gasteiger partial charge in [-0.15, -0.1) is 0 Å². The van der Waals surface area contributed by atoms with Crippen LogP contribution in [-0.4, -0.2) is 58.1 Å². The molecule has 0 aliphatic carbocycles. The first-order valence-corrected chi connectivity index (χ1v) is 12.9. The molecular formula is C24H26N4O2S2. The van der Waals surface area contributed by atoms with Crippen LogP contribution in [0.2, 0.25) is 0 Å². The third-order valence-corrected chi connectivity index (χ3v) is 8.09. The van der Waals surface area contributed by atoms with Gasteiger partial charge in [0.25, 0.3) is 11.8 Å². The van der Waals surface area contributed by atoms with E-state index in [4.69, 9.17) is 0 Å². The molecule has 32 heavy (non-hydrogen) atoms. The lowest BCUT2D eigenvalue weighted by Crippen LogP contribution is -2.33. The summed E-state index contributed by atoms with van der Waals surface area (Å²) in [6.07, 6.45) is 11.0. The predicted molar refractivity (Wildman–Crippen MR) is 133 cm³/mol. The van der Waals surface area contributed by atoms with Crippen molar-refractivity contribution in [2.24, 2.45) is 9.98 Å². The molecule has 5 rings (SSSR count). The second kappa shape index (κ2) is 9.67. The van der Waals surface area contributed by atoms with Crippen molar-refractivity contribution in [2.75, 3.05) is 26.2 Å². The molecule has 166 valence electrons. The normalized spacial score (nSPS) is 24.5. The number of carbonyl (C=O) groups excluding carboxylic acids is 2. The van der Waals surface area contributed by atoms with Crippen LogP contribution < -0.4 is 0 Å². The maximum Gasteiger partial charge on any atom is 0.286 e. The van der Waals surface area contributed by atoms with Gasteiger partial charge in [0.15, 0.2) is 10.3 Å². The first-order chi connectivity index (χ1) is 15.7. The summed E-state index contributed by atoms with van der Waals surface area (Å²) in [6.45, 7) is 3.93. The smallest absolute Gasteiger partial charge is 0.286 e. The van der Waals surface area contributed by atoms with E-state index in [-0.39, 0.29) is 11.8 Å². The van der Waals surface area contributed by atoms with Gasteiger partial charge in [0.1, 0.15) is 0 Å². The van der Waals surface area contributed by atoms with Gasteiger partial charge in [-0.1, -0.05) is 24.3 Å². The van der Waals surface area contributed by atoms with Crippen molar-refractivity contribution in [3.8, 4) is 0 Å². The van der Waals surface area contributed by atoms with Gasteiger partial charge in [-0.3, -0.25) is 9.59 Å². The summed E-state index contributed by atoms with van der Waals surface area (Å²) >= 11 is 2.94. The summed E-state index contributed by atoms with van der Waals surface area (Å²) in [7, 11) is 0. The zero-order chi connectivity index (χ0) is 21.9. The predicted octanol–water partition coefficient (Wildman–Crippen LogP) is 4.60. The van der Waals surface area contributed by atoms with Crippen molar-refractivity contribution in [3.63, 3.8) is 0 Å². The molecule has 0 unspecified atom stereocenters. The highest BCUT2D eigenvalue weighted by Gasteiger charge is 2.28. The average Bonchev–Trinajstić information content (AvgIpc) is 3.38. The molecule has 0 spiro atoms. The molecule has 8 heteroatoms. The number of nitrogens with zero attached hydrogens (tertiary/aromatic N) is 4. The Morgan fingerprint density at radius 1 is 0.625 bits per heavy atom. The molecule has 1 aromatic carbocycles. The van der Waals surface area contributed by atoms with E-state index >= 15 is 0 Å². The Hall–Kier alpha value is -2.32. The number of hydrogen-bond donors (Lipinski definition) is 0. The highest BCUT2D eigenvalue weighted by molar-refractivity contribution is 8.18. The van der Waals surface area contributed by atoms with E-state index in [2.05, 4.69) is 19.8 Å². The number of amides is 2. The minimum absolute atomic E-state index is 0.155. The number of benzene rings is 1. The van der Waals surface area contributed by atoms with E-state index in [0.29, 0.717) is 9.81 Å². The molecule has 0 N–H and O–H groups in total. The standard InChI is InChI=1S/C24H26N4O2S2/c29-21-19(31-23(25-21)27-11-3-1-4-12-27)15-17-7-9-18(10-8-17)16-20-22(30)26-24(32-20)28-13-5-2-6-14-28/h7-10,15-16H,1-6,11-14H2/b19-15-,20-16-. The van der Waals surface area contributed by atoms with Crippen LogP contribution in [0.15, 0.2) is 44.1 Å². The number of rotatable bonds is 2. The summed E-state index contributed by atoms with van der Waals surface area (Å²) < 4.78 is 0. The third kappa shape index (κ3) is 4.86. The Bertz CT molecular complexity index is 948. The molecule has 0 aromatic heterocycles. The van der Waals surface area contributed by atoms with Crippen molar-refractivity contribution in [1.29, 1.82) is 0 Å². The van der Waals surface area contributed by atoms with Crippen molar-refractivity contribution < 1.29 is 9.59 Å². The highest BCUT2D eigenvalue weighted by atomic mass is 32.2. The number of thioether (sulfide) groups is 2. The summed E-state index contributed by atoms with van der Waals surface area (Å²) in [4.78, 5) is 39.0. The van der Waals surface area contributed by atoms with Crippen LogP contribution in [0.25, 0.3) is 12.2 Å². The molecule has 0 bridgehead atoms. The van der Waals surface area contributed by atoms with Crippen LogP contribution in [0.4, 0.5) is 0 Å². The monoisotopic (exact) mass is 466 g/mol. The molecule has 0 radical (unpaired) electrons. The van der Waals surface area contributed by atoms with E-state index in [1.165, 1.54) is 36.4 Å². The van der Waals surface area contributed by atoms with Crippen LogP contribution in [0.5, 0.6) is 0 Å². The molecule has 1 aromatic rings. The van der Waals surface area contributed by atoms with Gasteiger partial charge in [0.2, 0.25) is 0 Å². The summed E-state index contributed by atoms with van der Waals surface area (Å²) in [6, 6.07) is 7.90. The van der Waals surface area contributed by atoms with Gasteiger partial charge >= 0.3 is 0 Å². The molecule has 4 heterocycles. The Morgan fingerprint density at radius 2 is 1.00 bits per heavy atom. The van der Waals surface area contributed by atoms with Crippen molar-refractivity contribution in [3.05, 3.63) is 45.2 Å². The number of piperidine rings is 2. The second-order valence-corrected chi connectivity index (χ2v) is 10.4. The number of aliphatic imine (C=N–C) groups is 2. The number of likely N-dealkylation sites (tertiary alicyclic amines) is 2. The maximum absolute atomic E-state index is 12.4. The van der Waals surface area contributed by atoms with Crippen molar-refractivity contribution in [2.45, 2.75) is 38.5 Å². The van der Waals surface area contributed by atoms with Crippen molar-refractivity contribution >= 4 is 57.8 Å². The molecule has 6 nitrogen and oxygen atoms in total. The zero-order valence-electron chi connectivity index (χ0n) is 18.0. The van der Waals surface area contributed by atoms with Crippen LogP contribution in [0.3, 0.4) is 0 Å². The van der Waals surface area contributed by atoms with E-state index in [1.54, 1.807) is 0 Å². The van der Waals surface area contributed by atoms with Gasteiger partial charge in [0.05, 0.1) is 9.81 Å². The molecule has 2 fully saturated rings. The summed E-state index contributed by atoms with van der Waals surface area (Å²) in [5, 5.41) is 1.67. The molecular weight excluding hydrogens is 440 g/mol. The van der Waals surface area contributed by atoms with Gasteiger partial charge in [0, 0.05) is 26.2 Å². The quantitative estimate of drug-likeness (QED) is 0.594. The van der Waals surface area contributed by atoms with E-state index in [0.717, 1.165) is 73.3 Å². The Labute approximate surface area is 196 Å². The highest BCUT2D eigenvalue weighted by Crippen LogP contribution is 2.33. The van der Waals surface area contributed by atoms with Crippen LogP contribution in [0.1, 0.15) is 49.7 Å².